The second-order valence-electron chi connectivity index (χ2n) is 5.19. The van der Waals surface area contributed by atoms with Crippen molar-refractivity contribution in [1.29, 1.82) is 0 Å². The maximum Gasteiger partial charge on any atom is 0.151 e. The zero-order valence-corrected chi connectivity index (χ0v) is 12.8. The summed E-state index contributed by atoms with van der Waals surface area (Å²) in [6.45, 7) is 6.29. The lowest BCUT2D eigenvalue weighted by molar-refractivity contribution is 0.272. The number of piperazine rings is 1. The van der Waals surface area contributed by atoms with Crippen LogP contribution < -0.4 is 4.90 Å². The van der Waals surface area contributed by atoms with Gasteiger partial charge in [-0.1, -0.05) is 6.92 Å². The summed E-state index contributed by atoms with van der Waals surface area (Å²) in [5, 5.41) is 0. The van der Waals surface area contributed by atoms with Crippen molar-refractivity contribution in [1.82, 2.24) is 9.88 Å². The Labute approximate surface area is 121 Å². The second kappa shape index (κ2) is 7.04. The molecule has 1 saturated heterocycles. The minimum absolute atomic E-state index is 0.288. The van der Waals surface area contributed by atoms with E-state index in [2.05, 4.69) is 14.8 Å². The van der Waals surface area contributed by atoms with Crippen molar-refractivity contribution in [3.05, 3.63) is 24.5 Å². The zero-order chi connectivity index (χ0) is 14.4. The van der Waals surface area contributed by atoms with Gasteiger partial charge in [0.05, 0.1) is 5.75 Å². The summed E-state index contributed by atoms with van der Waals surface area (Å²) in [5.74, 6) is 0.597. The molecule has 20 heavy (non-hydrogen) atoms. The molecule has 1 aromatic rings. The van der Waals surface area contributed by atoms with E-state index in [1.807, 2.05) is 19.1 Å². The molecule has 0 aromatic carbocycles. The normalized spacial score (nSPS) is 17.4. The first-order chi connectivity index (χ1) is 9.61. The maximum absolute atomic E-state index is 11.7. The van der Waals surface area contributed by atoms with Crippen molar-refractivity contribution < 1.29 is 8.42 Å². The quantitative estimate of drug-likeness (QED) is 0.785. The number of nitrogens with zero attached hydrogens (tertiary/aromatic N) is 3. The molecular formula is C14H23N3O2S. The average molecular weight is 297 g/mol. The van der Waals surface area contributed by atoms with Crippen LogP contribution in [0.4, 0.5) is 5.69 Å². The van der Waals surface area contributed by atoms with Gasteiger partial charge in [-0.25, -0.2) is 8.42 Å². The Balaban J connectivity index is 1.77. The summed E-state index contributed by atoms with van der Waals surface area (Å²) in [5.41, 5.74) is 1.19. The molecule has 2 rings (SSSR count). The number of rotatable bonds is 6. The molecule has 112 valence electrons. The second-order valence-corrected chi connectivity index (χ2v) is 7.49. The van der Waals surface area contributed by atoms with Crippen LogP contribution in [0.2, 0.25) is 0 Å². The highest BCUT2D eigenvalue weighted by Crippen LogP contribution is 2.14. The lowest BCUT2D eigenvalue weighted by atomic mass is 10.2. The van der Waals surface area contributed by atoms with E-state index in [4.69, 9.17) is 0 Å². The maximum atomic E-state index is 11.7. The molecule has 0 unspecified atom stereocenters. The van der Waals surface area contributed by atoms with E-state index in [0.717, 1.165) is 26.2 Å². The van der Waals surface area contributed by atoms with Gasteiger partial charge in [0.15, 0.2) is 9.84 Å². The SMILES string of the molecule is CCCS(=O)(=O)CCN1CCN(c2ccncc2)CC1. The number of hydrogen-bond acceptors (Lipinski definition) is 5. The molecule has 5 nitrogen and oxygen atoms in total. The largest absolute Gasteiger partial charge is 0.369 e. The Morgan fingerprint density at radius 3 is 2.35 bits per heavy atom. The summed E-state index contributed by atoms with van der Waals surface area (Å²) in [6, 6.07) is 4.03. The first kappa shape index (κ1) is 15.3. The van der Waals surface area contributed by atoms with Crippen molar-refractivity contribution in [3.63, 3.8) is 0 Å². The molecule has 0 saturated carbocycles. The first-order valence-electron chi connectivity index (χ1n) is 7.18. The summed E-state index contributed by atoms with van der Waals surface area (Å²) < 4.78 is 23.4. The minimum atomic E-state index is -2.86. The van der Waals surface area contributed by atoms with Gasteiger partial charge in [-0.3, -0.25) is 9.88 Å². The van der Waals surface area contributed by atoms with Gasteiger partial charge >= 0.3 is 0 Å². The highest BCUT2D eigenvalue weighted by Gasteiger charge is 2.19. The van der Waals surface area contributed by atoms with E-state index < -0.39 is 9.84 Å². The monoisotopic (exact) mass is 297 g/mol. The van der Waals surface area contributed by atoms with Gasteiger partial charge in [0.1, 0.15) is 0 Å². The van der Waals surface area contributed by atoms with E-state index in [0.29, 0.717) is 18.7 Å². The fourth-order valence-electron chi connectivity index (χ4n) is 2.47. The Kier molecular flexibility index (Phi) is 5.37. The Morgan fingerprint density at radius 1 is 1.10 bits per heavy atom. The summed E-state index contributed by atoms with van der Waals surface area (Å²) in [4.78, 5) is 8.58. The summed E-state index contributed by atoms with van der Waals surface area (Å²) in [6.07, 6.45) is 4.32. The van der Waals surface area contributed by atoms with Crippen LogP contribution in [-0.4, -0.2) is 62.5 Å². The highest BCUT2D eigenvalue weighted by atomic mass is 32.2. The molecule has 2 heterocycles. The fraction of sp³-hybridized carbons (Fsp3) is 0.643. The van der Waals surface area contributed by atoms with Crippen molar-refractivity contribution in [2.75, 3.05) is 49.1 Å². The van der Waals surface area contributed by atoms with Crippen LogP contribution in [0.25, 0.3) is 0 Å². The molecule has 1 aliphatic rings. The molecule has 0 atom stereocenters. The van der Waals surface area contributed by atoms with E-state index in [1.165, 1.54) is 5.69 Å². The van der Waals surface area contributed by atoms with E-state index in [1.54, 1.807) is 12.4 Å². The number of hydrogen-bond donors (Lipinski definition) is 0. The number of pyridine rings is 1. The lowest BCUT2D eigenvalue weighted by Gasteiger charge is -2.35. The summed E-state index contributed by atoms with van der Waals surface area (Å²) >= 11 is 0. The molecule has 1 aliphatic heterocycles. The lowest BCUT2D eigenvalue weighted by Crippen LogP contribution is -2.47. The smallest absolute Gasteiger partial charge is 0.151 e. The predicted molar refractivity (Wildman–Crippen MR) is 81.8 cm³/mol. The van der Waals surface area contributed by atoms with Crippen LogP contribution in [0.5, 0.6) is 0 Å². The molecule has 0 radical (unpaired) electrons. The van der Waals surface area contributed by atoms with Gasteiger partial charge < -0.3 is 4.90 Å². The van der Waals surface area contributed by atoms with Crippen molar-refractivity contribution in [3.8, 4) is 0 Å². The number of sulfone groups is 1. The van der Waals surface area contributed by atoms with Crippen molar-refractivity contribution >= 4 is 15.5 Å². The number of aromatic nitrogens is 1. The predicted octanol–water partition coefficient (Wildman–Crippen LogP) is 1.03. The van der Waals surface area contributed by atoms with E-state index in [-0.39, 0.29) is 5.75 Å². The number of anilines is 1. The van der Waals surface area contributed by atoms with Crippen LogP contribution in [0.3, 0.4) is 0 Å². The first-order valence-corrected chi connectivity index (χ1v) is 9.00. The summed E-state index contributed by atoms with van der Waals surface area (Å²) in [7, 11) is -2.86. The van der Waals surface area contributed by atoms with Crippen LogP contribution in [0, 0.1) is 0 Å². The molecule has 0 bridgehead atoms. The molecule has 0 amide bonds. The van der Waals surface area contributed by atoms with Crippen molar-refractivity contribution in [2.24, 2.45) is 0 Å². The topological polar surface area (TPSA) is 53.5 Å². The molecule has 0 N–H and O–H groups in total. The third kappa shape index (κ3) is 4.45. The Morgan fingerprint density at radius 2 is 1.75 bits per heavy atom. The average Bonchev–Trinajstić information content (AvgIpc) is 2.47. The standard InChI is InChI=1S/C14H23N3O2S/c1-2-12-20(18,19)13-11-16-7-9-17(10-8-16)14-3-5-15-6-4-14/h3-6H,2,7-13H2,1H3. The van der Waals surface area contributed by atoms with Gasteiger partial charge in [-0.2, -0.15) is 0 Å². The fourth-order valence-corrected chi connectivity index (χ4v) is 3.83. The highest BCUT2D eigenvalue weighted by molar-refractivity contribution is 7.91. The van der Waals surface area contributed by atoms with Crippen LogP contribution in [-0.2, 0) is 9.84 Å². The van der Waals surface area contributed by atoms with E-state index in [9.17, 15) is 8.42 Å². The molecule has 6 heteroatoms. The third-order valence-corrected chi connectivity index (χ3v) is 5.47. The van der Waals surface area contributed by atoms with Crippen LogP contribution in [0.15, 0.2) is 24.5 Å². The van der Waals surface area contributed by atoms with E-state index >= 15 is 0 Å². The molecule has 0 aliphatic carbocycles. The molecule has 1 aromatic heterocycles. The zero-order valence-electron chi connectivity index (χ0n) is 12.0. The Hall–Kier alpha value is -1.14. The molecule has 0 spiro atoms. The van der Waals surface area contributed by atoms with Gasteiger partial charge in [-0.05, 0) is 18.6 Å². The molecular weight excluding hydrogens is 274 g/mol. The van der Waals surface area contributed by atoms with Gasteiger partial charge in [0.2, 0.25) is 0 Å². The third-order valence-electron chi connectivity index (χ3n) is 3.63. The molecule has 1 fully saturated rings. The van der Waals surface area contributed by atoms with Gasteiger partial charge in [0, 0.05) is 56.6 Å². The Bertz CT molecular complexity index is 496. The van der Waals surface area contributed by atoms with Crippen LogP contribution in [0.1, 0.15) is 13.3 Å². The minimum Gasteiger partial charge on any atom is -0.369 e. The van der Waals surface area contributed by atoms with Gasteiger partial charge in [-0.15, -0.1) is 0 Å². The van der Waals surface area contributed by atoms with Crippen molar-refractivity contribution in [2.45, 2.75) is 13.3 Å². The van der Waals surface area contributed by atoms with Crippen LogP contribution >= 0.6 is 0 Å². The van der Waals surface area contributed by atoms with Gasteiger partial charge in [0.25, 0.3) is 0 Å².